The molecule has 15 heavy (non-hydrogen) atoms. The molecule has 0 radical (unpaired) electrons. The predicted molar refractivity (Wildman–Crippen MR) is 55.2 cm³/mol. The fraction of sp³-hybridized carbons (Fsp3) is 0.200. The van der Waals surface area contributed by atoms with E-state index in [0.717, 1.165) is 0 Å². The van der Waals surface area contributed by atoms with Gasteiger partial charge in [-0.15, -0.1) is 12.3 Å². The van der Waals surface area contributed by atoms with Crippen molar-refractivity contribution >= 4 is 10.1 Å². The molecule has 1 aromatic carbocycles. The Hall–Kier alpha value is -1.51. The van der Waals surface area contributed by atoms with Crippen LogP contribution in [-0.2, 0) is 16.5 Å². The fourth-order valence-corrected chi connectivity index (χ4v) is 2.33. The van der Waals surface area contributed by atoms with Gasteiger partial charge in [-0.25, -0.2) is 0 Å². The molecule has 2 N–H and O–H groups in total. The first-order valence-electron chi connectivity index (χ1n) is 4.10. The van der Waals surface area contributed by atoms with E-state index >= 15 is 0 Å². The predicted octanol–water partition coefficient (Wildman–Crippen LogP) is 1.12. The van der Waals surface area contributed by atoms with Crippen molar-refractivity contribution in [2.24, 2.45) is 0 Å². The summed E-state index contributed by atoms with van der Waals surface area (Å²) in [6.07, 6.45) is 5.00. The van der Waals surface area contributed by atoms with E-state index in [2.05, 4.69) is 5.92 Å². The van der Waals surface area contributed by atoms with Gasteiger partial charge in [-0.05, 0) is 18.6 Å². The van der Waals surface area contributed by atoms with Crippen molar-refractivity contribution in [1.82, 2.24) is 0 Å². The van der Waals surface area contributed by atoms with Gasteiger partial charge in [0.1, 0.15) is 10.6 Å². The second-order valence-corrected chi connectivity index (χ2v) is 4.42. The summed E-state index contributed by atoms with van der Waals surface area (Å²) in [5.74, 6) is 2.00. The Labute approximate surface area is 88.3 Å². The standard InChI is InChI=1S/C10H10O4S/c1-3-4-8-9(11)6-5-7(2)10(8)15(12,13)14/h1,5-6,11H,4H2,2H3,(H,12,13,14). The third-order valence-corrected chi connectivity index (χ3v) is 3.05. The van der Waals surface area contributed by atoms with E-state index < -0.39 is 10.1 Å². The lowest BCUT2D eigenvalue weighted by molar-refractivity contribution is 0.459. The summed E-state index contributed by atoms with van der Waals surface area (Å²) < 4.78 is 31.1. The molecule has 0 fully saturated rings. The number of aromatic hydroxyl groups is 1. The Morgan fingerprint density at radius 1 is 1.47 bits per heavy atom. The van der Waals surface area contributed by atoms with Gasteiger partial charge in [0.2, 0.25) is 0 Å². The number of phenolic OH excluding ortho intramolecular Hbond substituents is 1. The van der Waals surface area contributed by atoms with E-state index in [1.165, 1.54) is 19.1 Å². The van der Waals surface area contributed by atoms with E-state index in [-0.39, 0.29) is 22.6 Å². The van der Waals surface area contributed by atoms with Crippen molar-refractivity contribution in [2.45, 2.75) is 18.2 Å². The lowest BCUT2D eigenvalue weighted by atomic mass is 10.1. The van der Waals surface area contributed by atoms with Crippen molar-refractivity contribution in [3.05, 3.63) is 23.3 Å². The zero-order valence-electron chi connectivity index (χ0n) is 8.06. The van der Waals surface area contributed by atoms with Crippen LogP contribution in [0.4, 0.5) is 0 Å². The van der Waals surface area contributed by atoms with Crippen LogP contribution in [0.15, 0.2) is 17.0 Å². The van der Waals surface area contributed by atoms with Crippen LogP contribution in [0.1, 0.15) is 11.1 Å². The second-order valence-electron chi connectivity index (χ2n) is 3.07. The molecule has 0 bridgehead atoms. The topological polar surface area (TPSA) is 74.6 Å². The van der Waals surface area contributed by atoms with Crippen LogP contribution in [0.2, 0.25) is 0 Å². The number of aryl methyl sites for hydroxylation is 1. The SMILES string of the molecule is C#CCc1c(O)ccc(C)c1S(=O)(=O)O. The van der Waals surface area contributed by atoms with Crippen molar-refractivity contribution in [2.75, 3.05) is 0 Å². The summed E-state index contributed by atoms with van der Waals surface area (Å²) in [5, 5.41) is 9.44. The molecule has 0 saturated heterocycles. The van der Waals surface area contributed by atoms with Crippen LogP contribution >= 0.6 is 0 Å². The van der Waals surface area contributed by atoms with Gasteiger partial charge in [-0.3, -0.25) is 4.55 Å². The molecule has 80 valence electrons. The number of hydrogen-bond donors (Lipinski definition) is 2. The Balaban J connectivity index is 3.62. The molecule has 0 aromatic heterocycles. The highest BCUT2D eigenvalue weighted by molar-refractivity contribution is 7.86. The Morgan fingerprint density at radius 2 is 2.07 bits per heavy atom. The van der Waals surface area contributed by atoms with Gasteiger partial charge in [0, 0.05) is 12.0 Å². The highest BCUT2D eigenvalue weighted by Crippen LogP contribution is 2.28. The molecule has 0 aliphatic heterocycles. The molecule has 0 aliphatic rings. The maximum atomic E-state index is 11.1. The van der Waals surface area contributed by atoms with Crippen molar-refractivity contribution in [3.63, 3.8) is 0 Å². The van der Waals surface area contributed by atoms with E-state index in [1.807, 2.05) is 0 Å². The van der Waals surface area contributed by atoms with E-state index in [1.54, 1.807) is 0 Å². The van der Waals surface area contributed by atoms with Gasteiger partial charge in [0.05, 0.1) is 0 Å². The number of rotatable bonds is 2. The van der Waals surface area contributed by atoms with Crippen LogP contribution in [0, 0.1) is 19.3 Å². The molecule has 1 rings (SSSR count). The van der Waals surface area contributed by atoms with Crippen molar-refractivity contribution in [3.8, 4) is 18.1 Å². The largest absolute Gasteiger partial charge is 0.508 e. The van der Waals surface area contributed by atoms with Crippen LogP contribution in [0.3, 0.4) is 0 Å². The van der Waals surface area contributed by atoms with Crippen LogP contribution in [-0.4, -0.2) is 18.1 Å². The highest BCUT2D eigenvalue weighted by atomic mass is 32.2. The lowest BCUT2D eigenvalue weighted by Gasteiger charge is -2.09. The summed E-state index contributed by atoms with van der Waals surface area (Å²) in [7, 11) is -4.36. The summed E-state index contributed by atoms with van der Waals surface area (Å²) in [6, 6.07) is 2.75. The molecule has 0 heterocycles. The smallest absolute Gasteiger partial charge is 0.295 e. The molecule has 0 atom stereocenters. The fourth-order valence-electron chi connectivity index (χ4n) is 1.37. The zero-order chi connectivity index (χ0) is 11.6. The normalized spacial score (nSPS) is 11.0. The third-order valence-electron chi connectivity index (χ3n) is 1.97. The monoisotopic (exact) mass is 226 g/mol. The maximum Gasteiger partial charge on any atom is 0.295 e. The van der Waals surface area contributed by atoms with E-state index in [4.69, 9.17) is 11.0 Å². The van der Waals surface area contributed by atoms with Crippen LogP contribution in [0.5, 0.6) is 5.75 Å². The number of terminal acetylenes is 1. The molecule has 4 nitrogen and oxygen atoms in total. The minimum Gasteiger partial charge on any atom is -0.508 e. The summed E-state index contributed by atoms with van der Waals surface area (Å²) >= 11 is 0. The Morgan fingerprint density at radius 3 is 2.53 bits per heavy atom. The lowest BCUT2D eigenvalue weighted by Crippen LogP contribution is -2.05. The van der Waals surface area contributed by atoms with Gasteiger partial charge < -0.3 is 5.11 Å². The zero-order valence-corrected chi connectivity index (χ0v) is 8.87. The summed E-state index contributed by atoms with van der Waals surface area (Å²) in [5.41, 5.74) is 0.403. The third kappa shape index (κ3) is 2.29. The average Bonchev–Trinajstić information content (AvgIpc) is 2.09. The molecular weight excluding hydrogens is 216 g/mol. The van der Waals surface area contributed by atoms with Gasteiger partial charge in [0.15, 0.2) is 0 Å². The number of benzene rings is 1. The molecular formula is C10H10O4S. The van der Waals surface area contributed by atoms with E-state index in [0.29, 0.717) is 5.56 Å². The van der Waals surface area contributed by atoms with Crippen molar-refractivity contribution < 1.29 is 18.1 Å². The highest BCUT2D eigenvalue weighted by Gasteiger charge is 2.20. The molecule has 0 unspecified atom stereocenters. The second kappa shape index (κ2) is 3.93. The first-order chi connectivity index (χ1) is 6.88. The Bertz CT molecular complexity index is 523. The molecule has 0 saturated carbocycles. The molecule has 0 amide bonds. The minimum atomic E-state index is -4.36. The Kier molecular flexibility index (Phi) is 3.03. The first-order valence-corrected chi connectivity index (χ1v) is 5.54. The molecule has 5 heteroatoms. The molecule has 1 aromatic rings. The van der Waals surface area contributed by atoms with Gasteiger partial charge in [0.25, 0.3) is 10.1 Å². The molecule has 0 aliphatic carbocycles. The molecule has 0 spiro atoms. The maximum absolute atomic E-state index is 11.1. The van der Waals surface area contributed by atoms with Gasteiger partial charge in [-0.2, -0.15) is 8.42 Å². The van der Waals surface area contributed by atoms with Gasteiger partial charge >= 0.3 is 0 Å². The average molecular weight is 226 g/mol. The van der Waals surface area contributed by atoms with E-state index in [9.17, 15) is 13.5 Å². The summed E-state index contributed by atoms with van der Waals surface area (Å²) in [4.78, 5) is -0.305. The first kappa shape index (κ1) is 11.6. The van der Waals surface area contributed by atoms with Crippen LogP contribution in [0.25, 0.3) is 0 Å². The minimum absolute atomic E-state index is 0.0529. The number of hydrogen-bond acceptors (Lipinski definition) is 3. The van der Waals surface area contributed by atoms with Crippen LogP contribution < -0.4 is 0 Å². The van der Waals surface area contributed by atoms with Crippen molar-refractivity contribution in [1.29, 1.82) is 0 Å². The quantitative estimate of drug-likeness (QED) is 0.585. The summed E-state index contributed by atoms with van der Waals surface area (Å²) in [6.45, 7) is 1.52. The number of phenols is 1. The van der Waals surface area contributed by atoms with Gasteiger partial charge in [-0.1, -0.05) is 6.07 Å².